The van der Waals surface area contributed by atoms with E-state index in [2.05, 4.69) is 44.1 Å². The highest BCUT2D eigenvalue weighted by molar-refractivity contribution is 5.66. The third-order valence-corrected chi connectivity index (χ3v) is 3.31. The Kier molecular flexibility index (Phi) is 3.96. The molecule has 1 aromatic heterocycles. The van der Waals surface area contributed by atoms with E-state index < -0.39 is 0 Å². The van der Waals surface area contributed by atoms with E-state index in [1.54, 1.807) is 6.08 Å². The fraction of sp³-hybridized carbons (Fsp3) is 0.167. The summed E-state index contributed by atoms with van der Waals surface area (Å²) in [4.78, 5) is 4.54. The molecule has 2 rings (SSSR count). The molecule has 0 aliphatic rings. The van der Waals surface area contributed by atoms with Gasteiger partial charge in [0.15, 0.2) is 0 Å². The number of hydrogen-bond acceptors (Lipinski definition) is 1. The first-order valence-corrected chi connectivity index (χ1v) is 6.54. The lowest BCUT2D eigenvalue weighted by molar-refractivity contribution is 1.01. The molecule has 0 saturated heterocycles. The van der Waals surface area contributed by atoms with Gasteiger partial charge in [0.05, 0.1) is 0 Å². The van der Waals surface area contributed by atoms with E-state index in [1.807, 2.05) is 24.4 Å². The van der Waals surface area contributed by atoms with Crippen molar-refractivity contribution in [2.24, 2.45) is 0 Å². The Labute approximate surface area is 114 Å². The van der Waals surface area contributed by atoms with Crippen LogP contribution in [-0.4, -0.2) is 4.98 Å². The van der Waals surface area contributed by atoms with Crippen LogP contribution >= 0.6 is 0 Å². The first-order chi connectivity index (χ1) is 9.17. The third kappa shape index (κ3) is 2.65. The third-order valence-electron chi connectivity index (χ3n) is 3.31. The van der Waals surface area contributed by atoms with Crippen LogP contribution in [0.4, 0.5) is 0 Å². The van der Waals surface area contributed by atoms with Crippen LogP contribution in [0.3, 0.4) is 0 Å². The molecule has 0 atom stereocenters. The van der Waals surface area contributed by atoms with Gasteiger partial charge in [-0.1, -0.05) is 50.4 Å². The van der Waals surface area contributed by atoms with Gasteiger partial charge < -0.3 is 0 Å². The second-order valence-electron chi connectivity index (χ2n) is 4.62. The highest BCUT2D eigenvalue weighted by Gasteiger charge is 2.04. The molecule has 0 spiro atoms. The number of rotatable bonds is 3. The van der Waals surface area contributed by atoms with Crippen LogP contribution in [0.15, 0.2) is 43.1 Å². The Bertz CT molecular complexity index is 711. The molecule has 0 radical (unpaired) electrons. The van der Waals surface area contributed by atoms with Crippen LogP contribution in [0.2, 0.25) is 0 Å². The Morgan fingerprint density at radius 2 is 2.11 bits per heavy atom. The molecule has 1 heterocycles. The van der Waals surface area contributed by atoms with Gasteiger partial charge in [0.25, 0.3) is 0 Å². The Morgan fingerprint density at radius 1 is 1.32 bits per heavy atom. The smallest absolute Gasteiger partial charge is 0.0430 e. The standard InChI is InChI=1S/C18H19N/c1-5-8-16-13(3)9-7-10-17(16)15-11-14(4)18(6-2)19-12-15/h5,7-12H,1,3,6H2,2,4H3/b16-8+. The number of aryl methyl sites for hydroxylation is 2. The predicted octanol–water partition coefficient (Wildman–Crippen LogP) is 3.00. The molecule has 0 aliphatic heterocycles. The molecule has 0 aliphatic carbocycles. The molecular formula is C18H19N. The predicted molar refractivity (Wildman–Crippen MR) is 83.2 cm³/mol. The van der Waals surface area contributed by atoms with Gasteiger partial charge in [-0.05, 0) is 41.0 Å². The molecule has 2 aromatic rings. The number of benzene rings is 1. The highest BCUT2D eigenvalue weighted by Crippen LogP contribution is 2.17. The van der Waals surface area contributed by atoms with Crippen molar-refractivity contribution in [1.82, 2.24) is 4.98 Å². The second-order valence-corrected chi connectivity index (χ2v) is 4.62. The normalized spacial score (nSPS) is 11.6. The van der Waals surface area contributed by atoms with E-state index in [0.717, 1.165) is 33.7 Å². The summed E-state index contributed by atoms with van der Waals surface area (Å²) in [5, 5.41) is 2.12. The van der Waals surface area contributed by atoms with Crippen LogP contribution in [0.5, 0.6) is 0 Å². The average molecular weight is 249 g/mol. The van der Waals surface area contributed by atoms with Crippen LogP contribution in [0, 0.1) is 6.92 Å². The second kappa shape index (κ2) is 5.66. The van der Waals surface area contributed by atoms with Crippen molar-refractivity contribution in [3.05, 3.63) is 64.8 Å². The fourth-order valence-corrected chi connectivity index (χ4v) is 2.30. The lowest BCUT2D eigenvalue weighted by Gasteiger charge is -2.07. The lowest BCUT2D eigenvalue weighted by Crippen LogP contribution is -2.24. The number of hydrogen-bond donors (Lipinski definition) is 0. The van der Waals surface area contributed by atoms with Crippen molar-refractivity contribution < 1.29 is 0 Å². The first kappa shape index (κ1) is 13.3. The summed E-state index contributed by atoms with van der Waals surface area (Å²) in [6.07, 6.45) is 6.71. The van der Waals surface area contributed by atoms with Crippen LogP contribution in [-0.2, 0) is 6.42 Å². The highest BCUT2D eigenvalue weighted by atomic mass is 14.7. The van der Waals surface area contributed by atoms with Crippen molar-refractivity contribution >= 4 is 12.7 Å². The van der Waals surface area contributed by atoms with E-state index >= 15 is 0 Å². The molecule has 1 nitrogen and oxygen atoms in total. The molecule has 0 fully saturated rings. The Balaban J connectivity index is 2.69. The molecule has 0 N–H and O–H groups in total. The zero-order valence-electron chi connectivity index (χ0n) is 11.6. The molecule has 1 heteroatoms. The van der Waals surface area contributed by atoms with Crippen molar-refractivity contribution in [2.75, 3.05) is 0 Å². The summed E-state index contributed by atoms with van der Waals surface area (Å²) in [6, 6.07) is 8.34. The van der Waals surface area contributed by atoms with E-state index in [-0.39, 0.29) is 0 Å². The number of allylic oxidation sites excluding steroid dienone is 1. The minimum atomic E-state index is 0.965. The quantitative estimate of drug-likeness (QED) is 0.815. The van der Waals surface area contributed by atoms with Gasteiger partial charge in [0.2, 0.25) is 0 Å². The van der Waals surface area contributed by atoms with Crippen molar-refractivity contribution in [1.29, 1.82) is 0 Å². The number of pyridine rings is 1. The Hall–Kier alpha value is -2.15. The lowest BCUT2D eigenvalue weighted by atomic mass is 10.0. The van der Waals surface area contributed by atoms with Gasteiger partial charge in [-0.3, -0.25) is 4.98 Å². The summed E-state index contributed by atoms with van der Waals surface area (Å²) in [6.45, 7) is 12.1. The summed E-state index contributed by atoms with van der Waals surface area (Å²) in [5.74, 6) is 0. The van der Waals surface area contributed by atoms with Crippen molar-refractivity contribution in [3.8, 4) is 11.1 Å². The summed E-state index contributed by atoms with van der Waals surface area (Å²) in [5.41, 5.74) is 4.68. The van der Waals surface area contributed by atoms with E-state index in [4.69, 9.17) is 0 Å². The molecule has 0 amide bonds. The van der Waals surface area contributed by atoms with Gasteiger partial charge in [-0.15, -0.1) is 0 Å². The fourth-order valence-electron chi connectivity index (χ4n) is 2.30. The zero-order valence-corrected chi connectivity index (χ0v) is 11.6. The van der Waals surface area contributed by atoms with Crippen LogP contribution in [0.25, 0.3) is 23.8 Å². The van der Waals surface area contributed by atoms with E-state index in [9.17, 15) is 0 Å². The van der Waals surface area contributed by atoms with Gasteiger partial charge in [0, 0.05) is 17.5 Å². The maximum absolute atomic E-state index is 4.54. The van der Waals surface area contributed by atoms with Gasteiger partial charge in [-0.25, -0.2) is 0 Å². The van der Waals surface area contributed by atoms with Crippen LogP contribution in [0.1, 0.15) is 18.2 Å². The molecule has 0 saturated carbocycles. The number of nitrogens with zero attached hydrogens (tertiary/aromatic N) is 1. The van der Waals surface area contributed by atoms with Gasteiger partial charge in [0.1, 0.15) is 0 Å². The molecular weight excluding hydrogens is 230 g/mol. The SMILES string of the molecule is C=C/C=c1/c(-c2cnc(CC)c(C)c2)cccc1=C. The first-order valence-electron chi connectivity index (χ1n) is 6.54. The monoisotopic (exact) mass is 249 g/mol. The Morgan fingerprint density at radius 3 is 2.74 bits per heavy atom. The molecule has 96 valence electrons. The zero-order chi connectivity index (χ0) is 13.8. The van der Waals surface area contributed by atoms with Gasteiger partial charge in [-0.2, -0.15) is 0 Å². The average Bonchev–Trinajstić information content (AvgIpc) is 2.41. The minimum Gasteiger partial charge on any atom is -0.260 e. The largest absolute Gasteiger partial charge is 0.260 e. The van der Waals surface area contributed by atoms with Crippen molar-refractivity contribution in [2.45, 2.75) is 20.3 Å². The maximum atomic E-state index is 4.54. The summed E-state index contributed by atoms with van der Waals surface area (Å²) in [7, 11) is 0. The van der Waals surface area contributed by atoms with Crippen LogP contribution < -0.4 is 10.4 Å². The molecule has 1 aromatic carbocycles. The van der Waals surface area contributed by atoms with Crippen molar-refractivity contribution in [3.63, 3.8) is 0 Å². The topological polar surface area (TPSA) is 12.9 Å². The summed E-state index contributed by atoms with van der Waals surface area (Å²) >= 11 is 0. The molecule has 0 bridgehead atoms. The maximum Gasteiger partial charge on any atom is 0.0430 e. The number of aromatic nitrogens is 1. The summed E-state index contributed by atoms with van der Waals surface area (Å²) < 4.78 is 0. The molecule has 19 heavy (non-hydrogen) atoms. The minimum absolute atomic E-state index is 0.965. The van der Waals surface area contributed by atoms with Gasteiger partial charge >= 0.3 is 0 Å². The molecule has 0 unspecified atom stereocenters. The van der Waals surface area contributed by atoms with E-state index in [1.165, 1.54) is 5.56 Å². The van der Waals surface area contributed by atoms with E-state index in [0.29, 0.717) is 0 Å².